The van der Waals surface area contributed by atoms with Crippen molar-refractivity contribution in [1.82, 2.24) is 4.98 Å². The Balaban J connectivity index is 2.32. The van der Waals surface area contributed by atoms with E-state index in [2.05, 4.69) is 26.2 Å². The molecule has 98 valence electrons. The summed E-state index contributed by atoms with van der Waals surface area (Å²) in [4.78, 5) is 26.2. The highest BCUT2D eigenvalue weighted by atomic mass is 79.9. The number of pyridine rings is 1. The highest BCUT2D eigenvalue weighted by Gasteiger charge is 2.12. The molecular formula is C13H10BrClN2O2. The van der Waals surface area contributed by atoms with E-state index >= 15 is 0 Å². The van der Waals surface area contributed by atoms with Crippen LogP contribution in [0.2, 0.25) is 5.02 Å². The number of aromatic nitrogens is 1. The van der Waals surface area contributed by atoms with Gasteiger partial charge in [-0.25, -0.2) is 0 Å². The van der Waals surface area contributed by atoms with Crippen LogP contribution >= 0.6 is 27.5 Å². The van der Waals surface area contributed by atoms with Crippen LogP contribution in [0.15, 0.2) is 39.9 Å². The molecular weight excluding hydrogens is 332 g/mol. The molecule has 0 bridgehead atoms. The molecule has 0 aliphatic carbocycles. The number of hydrogen-bond donors (Lipinski definition) is 2. The van der Waals surface area contributed by atoms with E-state index in [1.165, 1.54) is 18.5 Å². The first-order valence-corrected chi connectivity index (χ1v) is 6.60. The summed E-state index contributed by atoms with van der Waals surface area (Å²) in [5, 5.41) is 3.19. The van der Waals surface area contributed by atoms with E-state index in [-0.39, 0.29) is 11.0 Å². The van der Waals surface area contributed by atoms with Crippen LogP contribution in [0.25, 0.3) is 0 Å². The third kappa shape index (κ3) is 3.05. The Labute approximate surface area is 122 Å². The molecule has 0 fully saturated rings. The Kier molecular flexibility index (Phi) is 4.07. The number of benzene rings is 1. The Morgan fingerprint density at radius 2 is 2.16 bits per heavy atom. The molecule has 1 aromatic carbocycles. The van der Waals surface area contributed by atoms with Crippen LogP contribution in [0, 0.1) is 6.92 Å². The van der Waals surface area contributed by atoms with Crippen molar-refractivity contribution in [3.8, 4) is 0 Å². The predicted molar refractivity (Wildman–Crippen MR) is 78.9 cm³/mol. The van der Waals surface area contributed by atoms with Crippen LogP contribution in [0.3, 0.4) is 0 Å². The molecule has 2 rings (SSSR count). The zero-order valence-corrected chi connectivity index (χ0v) is 12.3. The van der Waals surface area contributed by atoms with Gasteiger partial charge in [0, 0.05) is 28.0 Å². The van der Waals surface area contributed by atoms with Crippen LogP contribution < -0.4 is 10.7 Å². The molecule has 2 aromatic rings. The van der Waals surface area contributed by atoms with Crippen LogP contribution in [-0.2, 0) is 0 Å². The summed E-state index contributed by atoms with van der Waals surface area (Å²) in [6, 6.07) is 4.73. The molecule has 4 nitrogen and oxygen atoms in total. The zero-order valence-electron chi connectivity index (χ0n) is 9.96. The molecule has 0 radical (unpaired) electrons. The summed E-state index contributed by atoms with van der Waals surface area (Å²) in [5.41, 5.74) is 1.12. The first-order chi connectivity index (χ1) is 8.99. The number of halogens is 2. The summed E-state index contributed by atoms with van der Waals surface area (Å²) in [6.45, 7) is 1.86. The van der Waals surface area contributed by atoms with E-state index in [0.29, 0.717) is 15.2 Å². The maximum absolute atomic E-state index is 12.0. The lowest BCUT2D eigenvalue weighted by Gasteiger charge is -2.09. The second kappa shape index (κ2) is 5.59. The van der Waals surface area contributed by atoms with E-state index in [1.54, 1.807) is 12.1 Å². The van der Waals surface area contributed by atoms with Gasteiger partial charge in [0.2, 0.25) is 0 Å². The maximum atomic E-state index is 12.0. The summed E-state index contributed by atoms with van der Waals surface area (Å²) < 4.78 is 0.704. The molecule has 6 heteroatoms. The van der Waals surface area contributed by atoms with E-state index in [9.17, 15) is 9.59 Å². The number of carbonyl (C=O) groups is 1. The first-order valence-electron chi connectivity index (χ1n) is 5.43. The number of anilines is 1. The molecule has 2 N–H and O–H groups in total. The van der Waals surface area contributed by atoms with Crippen LogP contribution in [-0.4, -0.2) is 10.9 Å². The Morgan fingerprint density at radius 1 is 1.42 bits per heavy atom. The fourth-order valence-corrected chi connectivity index (χ4v) is 2.25. The molecule has 1 amide bonds. The fraction of sp³-hybridized carbons (Fsp3) is 0.0769. The van der Waals surface area contributed by atoms with E-state index in [0.717, 1.165) is 5.56 Å². The van der Waals surface area contributed by atoms with E-state index in [4.69, 9.17) is 11.6 Å². The van der Waals surface area contributed by atoms with Gasteiger partial charge in [-0.2, -0.15) is 0 Å². The van der Waals surface area contributed by atoms with Gasteiger partial charge in [0.25, 0.3) is 5.91 Å². The molecule has 1 heterocycles. The molecule has 0 saturated carbocycles. The summed E-state index contributed by atoms with van der Waals surface area (Å²) in [6.07, 6.45) is 2.83. The lowest BCUT2D eigenvalue weighted by molar-refractivity contribution is 0.102. The smallest absolute Gasteiger partial charge is 0.261 e. The highest BCUT2D eigenvalue weighted by molar-refractivity contribution is 9.10. The van der Waals surface area contributed by atoms with Crippen molar-refractivity contribution in [3.63, 3.8) is 0 Å². The summed E-state index contributed by atoms with van der Waals surface area (Å²) in [7, 11) is 0. The minimum absolute atomic E-state index is 0.0473. The average molecular weight is 342 g/mol. The van der Waals surface area contributed by atoms with E-state index < -0.39 is 5.91 Å². The lowest BCUT2D eigenvalue weighted by Crippen LogP contribution is -2.21. The van der Waals surface area contributed by atoms with Gasteiger partial charge in [-0.3, -0.25) is 9.59 Å². The van der Waals surface area contributed by atoms with Gasteiger partial charge < -0.3 is 10.3 Å². The van der Waals surface area contributed by atoms with Crippen LogP contribution in [0.5, 0.6) is 0 Å². The number of amides is 1. The van der Waals surface area contributed by atoms with Crippen molar-refractivity contribution in [2.24, 2.45) is 0 Å². The van der Waals surface area contributed by atoms with Crippen LogP contribution in [0.1, 0.15) is 15.9 Å². The Morgan fingerprint density at radius 3 is 2.84 bits per heavy atom. The third-order valence-electron chi connectivity index (χ3n) is 2.57. The minimum atomic E-state index is -0.484. The molecule has 0 aliphatic rings. The van der Waals surface area contributed by atoms with Gasteiger partial charge in [0.15, 0.2) is 5.43 Å². The van der Waals surface area contributed by atoms with Gasteiger partial charge >= 0.3 is 0 Å². The number of H-pyrrole nitrogens is 1. The second-order valence-corrected chi connectivity index (χ2v) is 5.22. The number of hydrogen-bond acceptors (Lipinski definition) is 2. The number of aryl methyl sites for hydroxylation is 1. The second-order valence-electron chi connectivity index (χ2n) is 3.96. The summed E-state index contributed by atoms with van der Waals surface area (Å²) >= 11 is 9.35. The fourth-order valence-electron chi connectivity index (χ4n) is 1.53. The molecule has 1 aromatic heterocycles. The van der Waals surface area contributed by atoms with Crippen molar-refractivity contribution in [2.45, 2.75) is 6.92 Å². The monoisotopic (exact) mass is 340 g/mol. The highest BCUT2D eigenvalue weighted by Crippen LogP contribution is 2.29. The number of nitrogens with one attached hydrogen (secondary N) is 2. The quantitative estimate of drug-likeness (QED) is 0.880. The normalized spacial score (nSPS) is 10.3. The van der Waals surface area contributed by atoms with Gasteiger partial charge in [-0.05, 0) is 40.5 Å². The Hall–Kier alpha value is -1.59. The average Bonchev–Trinajstić information content (AvgIpc) is 2.36. The molecule has 19 heavy (non-hydrogen) atoms. The maximum Gasteiger partial charge on any atom is 0.261 e. The van der Waals surface area contributed by atoms with Crippen molar-refractivity contribution >= 4 is 39.1 Å². The molecule has 0 saturated heterocycles. The van der Waals surface area contributed by atoms with Gasteiger partial charge in [0.1, 0.15) is 5.56 Å². The molecule has 0 unspecified atom stereocenters. The predicted octanol–water partition coefficient (Wildman–Crippen LogP) is 3.35. The minimum Gasteiger partial charge on any atom is -0.367 e. The number of carbonyl (C=O) groups excluding carboxylic acids is 1. The largest absolute Gasteiger partial charge is 0.367 e. The topological polar surface area (TPSA) is 62.0 Å². The van der Waals surface area contributed by atoms with Gasteiger partial charge in [-0.1, -0.05) is 11.6 Å². The van der Waals surface area contributed by atoms with E-state index in [1.807, 2.05) is 6.92 Å². The molecule has 0 spiro atoms. The molecule has 0 aliphatic heterocycles. The number of aromatic amines is 1. The van der Waals surface area contributed by atoms with Gasteiger partial charge in [0.05, 0.1) is 5.69 Å². The Bertz CT molecular complexity index is 697. The van der Waals surface area contributed by atoms with Gasteiger partial charge in [-0.15, -0.1) is 0 Å². The number of rotatable bonds is 2. The van der Waals surface area contributed by atoms with Crippen LogP contribution in [0.4, 0.5) is 5.69 Å². The third-order valence-corrected chi connectivity index (χ3v) is 3.63. The van der Waals surface area contributed by atoms with Crippen molar-refractivity contribution in [1.29, 1.82) is 0 Å². The SMILES string of the molecule is Cc1cc(Br)c(NC(=O)c2c[nH]ccc2=O)cc1Cl. The van der Waals surface area contributed by atoms with Crippen molar-refractivity contribution in [2.75, 3.05) is 5.32 Å². The van der Waals surface area contributed by atoms with Crippen molar-refractivity contribution < 1.29 is 4.79 Å². The standard InChI is InChI=1S/C13H10BrClN2O2/c1-7-4-9(14)11(5-10(7)15)17-13(19)8-6-16-3-2-12(8)18/h2-6H,1H3,(H,16,18)(H,17,19). The lowest BCUT2D eigenvalue weighted by atomic mass is 10.2. The van der Waals surface area contributed by atoms with Crippen molar-refractivity contribution in [3.05, 3.63) is 61.4 Å². The summed E-state index contributed by atoms with van der Waals surface area (Å²) in [5.74, 6) is -0.484. The zero-order chi connectivity index (χ0) is 14.0. The first kappa shape index (κ1) is 13.8. The molecule has 0 atom stereocenters.